The van der Waals surface area contributed by atoms with E-state index in [1.807, 2.05) is 30.5 Å². The second-order valence-electron chi connectivity index (χ2n) is 4.26. The Labute approximate surface area is 138 Å². The molecule has 3 rings (SSSR count). The van der Waals surface area contributed by atoms with Crippen LogP contribution in [0, 0.1) is 0 Å². The molecule has 0 spiro atoms. The molecule has 2 aromatic heterocycles. The zero-order valence-corrected chi connectivity index (χ0v) is 14.1. The molecule has 7 heteroatoms. The van der Waals surface area contributed by atoms with Crippen LogP contribution in [0.4, 0.5) is 0 Å². The van der Waals surface area contributed by atoms with E-state index in [1.165, 1.54) is 0 Å². The molecule has 0 N–H and O–H groups in total. The number of nitrogens with zero attached hydrogens (tertiary/aromatic N) is 2. The summed E-state index contributed by atoms with van der Waals surface area (Å²) in [5.74, 6) is 1.48. The van der Waals surface area contributed by atoms with Gasteiger partial charge >= 0.3 is 0 Å². The van der Waals surface area contributed by atoms with E-state index >= 15 is 0 Å². The van der Waals surface area contributed by atoms with Crippen LogP contribution in [0.2, 0.25) is 5.02 Å². The lowest BCUT2D eigenvalue weighted by Crippen LogP contribution is -2.03. The normalized spacial score (nSPS) is 12.3. The Bertz CT molecular complexity index is 745. The first-order chi connectivity index (χ1) is 10.1. The fourth-order valence-electron chi connectivity index (χ4n) is 1.71. The van der Waals surface area contributed by atoms with Gasteiger partial charge in [-0.15, -0.1) is 21.5 Å². The van der Waals surface area contributed by atoms with Crippen molar-refractivity contribution in [1.82, 2.24) is 10.2 Å². The minimum Gasteiger partial charge on any atom is -0.479 e. The molecule has 1 unspecified atom stereocenters. The van der Waals surface area contributed by atoms with Gasteiger partial charge < -0.3 is 9.15 Å². The lowest BCUT2D eigenvalue weighted by molar-refractivity contribution is 0.190. The van der Waals surface area contributed by atoms with Gasteiger partial charge in [-0.2, -0.15) is 0 Å². The third-order valence-electron chi connectivity index (χ3n) is 2.72. The van der Waals surface area contributed by atoms with Crippen molar-refractivity contribution >= 4 is 38.9 Å². The van der Waals surface area contributed by atoms with E-state index in [9.17, 15) is 0 Å². The summed E-state index contributed by atoms with van der Waals surface area (Å²) >= 11 is 11.0. The van der Waals surface area contributed by atoms with Gasteiger partial charge in [0.25, 0.3) is 11.8 Å². The van der Waals surface area contributed by atoms with Crippen molar-refractivity contribution in [1.29, 1.82) is 0 Å². The maximum Gasteiger partial charge on any atom is 0.257 e. The van der Waals surface area contributed by atoms with E-state index in [2.05, 4.69) is 26.1 Å². The van der Waals surface area contributed by atoms with Crippen LogP contribution < -0.4 is 4.74 Å². The van der Waals surface area contributed by atoms with Crippen molar-refractivity contribution in [3.63, 3.8) is 0 Å². The minimum absolute atomic E-state index is 0.384. The van der Waals surface area contributed by atoms with Crippen molar-refractivity contribution in [3.05, 3.63) is 51.1 Å². The maximum atomic E-state index is 6.13. The third kappa shape index (κ3) is 3.28. The van der Waals surface area contributed by atoms with Crippen LogP contribution in [-0.4, -0.2) is 10.2 Å². The molecule has 0 saturated carbocycles. The van der Waals surface area contributed by atoms with Crippen LogP contribution in [0.5, 0.6) is 5.75 Å². The molecule has 0 amide bonds. The Morgan fingerprint density at radius 1 is 1.33 bits per heavy atom. The van der Waals surface area contributed by atoms with Crippen LogP contribution in [0.25, 0.3) is 10.8 Å². The fourth-order valence-corrected chi connectivity index (χ4v) is 3.07. The predicted molar refractivity (Wildman–Crippen MR) is 85.8 cm³/mol. The van der Waals surface area contributed by atoms with E-state index in [0.29, 0.717) is 22.6 Å². The van der Waals surface area contributed by atoms with Gasteiger partial charge in [0.1, 0.15) is 5.75 Å². The van der Waals surface area contributed by atoms with Gasteiger partial charge in [-0.3, -0.25) is 0 Å². The van der Waals surface area contributed by atoms with Gasteiger partial charge in [-0.25, -0.2) is 0 Å². The maximum absolute atomic E-state index is 6.13. The summed E-state index contributed by atoms with van der Waals surface area (Å²) in [6.07, 6.45) is -0.384. The number of benzene rings is 1. The quantitative estimate of drug-likeness (QED) is 0.607. The van der Waals surface area contributed by atoms with E-state index in [-0.39, 0.29) is 6.10 Å². The summed E-state index contributed by atoms with van der Waals surface area (Å²) in [4.78, 5) is 0.933. The first kappa shape index (κ1) is 14.6. The lowest BCUT2D eigenvalue weighted by Gasteiger charge is -2.12. The zero-order valence-electron chi connectivity index (χ0n) is 10.9. The van der Waals surface area contributed by atoms with Gasteiger partial charge in [0.2, 0.25) is 0 Å². The summed E-state index contributed by atoms with van der Waals surface area (Å²) in [7, 11) is 0. The topological polar surface area (TPSA) is 48.2 Å². The van der Waals surface area contributed by atoms with Crippen molar-refractivity contribution in [2.24, 2.45) is 0 Å². The third-order valence-corrected chi connectivity index (χ3v) is 4.36. The first-order valence-corrected chi connectivity index (χ1v) is 8.17. The summed E-state index contributed by atoms with van der Waals surface area (Å²) in [5, 5.41) is 10.5. The highest BCUT2D eigenvalue weighted by atomic mass is 79.9. The standard InChI is InChI=1S/C14H10BrClN2O2S/c1-8(19-11-5-4-9(15)7-10(11)16)13-17-18-14(20-13)12-3-2-6-21-12/h2-8H,1H3. The highest BCUT2D eigenvalue weighted by molar-refractivity contribution is 9.10. The monoisotopic (exact) mass is 384 g/mol. The summed E-state index contributed by atoms with van der Waals surface area (Å²) in [6.45, 7) is 1.84. The molecule has 0 saturated heterocycles. The van der Waals surface area contributed by atoms with Crippen molar-refractivity contribution in [3.8, 4) is 16.5 Å². The number of halogens is 2. The number of rotatable bonds is 4. The highest BCUT2D eigenvalue weighted by Crippen LogP contribution is 2.32. The molecule has 108 valence electrons. The van der Waals surface area contributed by atoms with Gasteiger partial charge in [0.05, 0.1) is 9.90 Å². The molecule has 1 atom stereocenters. The molecular formula is C14H10BrClN2O2S. The second kappa shape index (κ2) is 6.17. The van der Waals surface area contributed by atoms with Crippen molar-refractivity contribution < 1.29 is 9.15 Å². The molecule has 0 aliphatic rings. The largest absolute Gasteiger partial charge is 0.479 e. The zero-order chi connectivity index (χ0) is 14.8. The van der Waals surface area contributed by atoms with E-state index in [1.54, 1.807) is 23.5 Å². The number of aromatic nitrogens is 2. The van der Waals surface area contributed by atoms with Gasteiger partial charge in [0.15, 0.2) is 6.10 Å². The van der Waals surface area contributed by atoms with E-state index < -0.39 is 0 Å². The van der Waals surface area contributed by atoms with Crippen molar-refractivity contribution in [2.75, 3.05) is 0 Å². The molecule has 4 nitrogen and oxygen atoms in total. The number of thiophene rings is 1. The molecule has 3 aromatic rings. The van der Waals surface area contributed by atoms with Crippen LogP contribution in [0.3, 0.4) is 0 Å². The van der Waals surface area contributed by atoms with Gasteiger partial charge in [0, 0.05) is 4.47 Å². The lowest BCUT2D eigenvalue weighted by atomic mass is 10.3. The first-order valence-electron chi connectivity index (χ1n) is 6.12. The Kier molecular flexibility index (Phi) is 4.28. The number of ether oxygens (including phenoxy) is 1. The Morgan fingerprint density at radius 2 is 2.19 bits per heavy atom. The minimum atomic E-state index is -0.384. The molecule has 0 aliphatic heterocycles. The fraction of sp³-hybridized carbons (Fsp3) is 0.143. The summed E-state index contributed by atoms with van der Waals surface area (Å²) < 4.78 is 12.3. The van der Waals surface area contributed by atoms with Gasteiger partial charge in [-0.1, -0.05) is 33.6 Å². The van der Waals surface area contributed by atoms with E-state index in [0.717, 1.165) is 9.35 Å². The SMILES string of the molecule is CC(Oc1ccc(Br)cc1Cl)c1nnc(-c2cccs2)o1. The highest BCUT2D eigenvalue weighted by Gasteiger charge is 2.18. The molecule has 0 radical (unpaired) electrons. The molecule has 1 aromatic carbocycles. The van der Waals surface area contributed by atoms with E-state index in [4.69, 9.17) is 20.8 Å². The molecule has 0 aliphatic carbocycles. The average molecular weight is 386 g/mol. The number of hydrogen-bond acceptors (Lipinski definition) is 5. The molecule has 2 heterocycles. The van der Waals surface area contributed by atoms with Crippen LogP contribution >= 0.6 is 38.9 Å². The Hall–Kier alpha value is -1.37. The summed E-state index contributed by atoms with van der Waals surface area (Å²) in [5.41, 5.74) is 0. The molecule has 0 fully saturated rings. The molecule has 0 bridgehead atoms. The predicted octanol–water partition coefficient (Wildman–Crippen LogP) is 5.35. The molecule has 21 heavy (non-hydrogen) atoms. The van der Waals surface area contributed by atoms with Gasteiger partial charge in [-0.05, 0) is 36.6 Å². The Morgan fingerprint density at radius 3 is 2.90 bits per heavy atom. The smallest absolute Gasteiger partial charge is 0.257 e. The van der Waals surface area contributed by atoms with Crippen LogP contribution in [-0.2, 0) is 0 Å². The van der Waals surface area contributed by atoms with Crippen LogP contribution in [0.1, 0.15) is 18.9 Å². The average Bonchev–Trinajstić information content (AvgIpc) is 3.10. The molecular weight excluding hydrogens is 376 g/mol. The second-order valence-corrected chi connectivity index (χ2v) is 6.53. The Balaban J connectivity index is 1.78. The van der Waals surface area contributed by atoms with Crippen molar-refractivity contribution in [2.45, 2.75) is 13.0 Å². The number of hydrogen-bond donors (Lipinski definition) is 0. The van der Waals surface area contributed by atoms with Crippen LogP contribution in [0.15, 0.2) is 44.6 Å². The summed E-state index contributed by atoms with van der Waals surface area (Å²) in [6, 6.07) is 9.29.